The Morgan fingerprint density at radius 1 is 1.00 bits per heavy atom. The minimum atomic E-state index is -2.91. The van der Waals surface area contributed by atoms with Gasteiger partial charge in [-0.2, -0.15) is 0 Å². The van der Waals surface area contributed by atoms with Gasteiger partial charge in [0.1, 0.15) is 6.10 Å². The van der Waals surface area contributed by atoms with Crippen LogP contribution in [0.4, 0.5) is 0 Å². The fraction of sp³-hybridized carbons (Fsp3) is 0.217. The van der Waals surface area contributed by atoms with Gasteiger partial charge in [-0.3, -0.25) is 4.57 Å². The number of rotatable bonds is 6. The average molecular weight is 482 g/mol. The van der Waals surface area contributed by atoms with Gasteiger partial charge in [0.25, 0.3) is 0 Å². The molecule has 1 aliphatic rings. The van der Waals surface area contributed by atoms with Crippen LogP contribution in [0.15, 0.2) is 65.6 Å². The molecule has 35 heavy (non-hydrogen) atoms. The van der Waals surface area contributed by atoms with E-state index in [1.165, 1.54) is 24.3 Å². The smallest absolute Gasteiger partial charge is 0.349 e. The Hall–Kier alpha value is -4.10. The van der Waals surface area contributed by atoms with Crippen molar-refractivity contribution in [1.82, 2.24) is 9.55 Å². The molecule has 1 saturated heterocycles. The predicted molar refractivity (Wildman–Crippen MR) is 111 cm³/mol. The van der Waals surface area contributed by atoms with Crippen molar-refractivity contribution in [2.24, 2.45) is 0 Å². The standard InChI is InChI=1S/C23H20N2O10/c26-11-16-22(33,14-7-3-1-5-12(14)18(28)29)23(34,15-8-4-2-6-13(15)19(30)31)20(35-16)25-10-9-17(27)24-21(25)32/h1-10,16,20,26,33-34H,11H2,(H,28,29)(H,30,31)(H,24,27,32)/p-2/t16-,20-,22-,23+/m1/s1. The zero-order chi connectivity index (χ0) is 25.5. The molecule has 0 amide bonds. The maximum Gasteiger partial charge on any atom is 0.349 e. The summed E-state index contributed by atoms with van der Waals surface area (Å²) < 4.78 is 6.33. The molecule has 2 heterocycles. The fourth-order valence-corrected chi connectivity index (χ4v) is 4.52. The van der Waals surface area contributed by atoms with Crippen molar-refractivity contribution < 1.29 is 45.0 Å². The molecular weight excluding hydrogens is 464 g/mol. The number of benzene rings is 2. The van der Waals surface area contributed by atoms with Crippen molar-refractivity contribution in [3.8, 4) is 5.88 Å². The summed E-state index contributed by atoms with van der Waals surface area (Å²) >= 11 is 0. The van der Waals surface area contributed by atoms with Gasteiger partial charge in [0, 0.05) is 17.3 Å². The number of aliphatic hydroxyl groups is 3. The third kappa shape index (κ3) is 3.47. The van der Waals surface area contributed by atoms with E-state index in [4.69, 9.17) is 4.74 Å². The average Bonchev–Trinajstić information content (AvgIpc) is 3.07. The van der Waals surface area contributed by atoms with Crippen LogP contribution in [0.25, 0.3) is 0 Å². The summed E-state index contributed by atoms with van der Waals surface area (Å²) in [5.74, 6) is -4.16. The Kier molecular flexibility index (Phi) is 5.90. The zero-order valence-corrected chi connectivity index (χ0v) is 17.8. The number of nitrogens with zero attached hydrogens (tertiary/aromatic N) is 2. The van der Waals surface area contributed by atoms with Crippen molar-refractivity contribution in [3.63, 3.8) is 0 Å². The number of carbonyl (C=O) groups excluding carboxylic acids is 1. The summed E-state index contributed by atoms with van der Waals surface area (Å²) in [6.45, 7) is -0.992. The van der Waals surface area contributed by atoms with Crippen molar-refractivity contribution in [2.75, 3.05) is 6.61 Å². The Bertz CT molecular complexity index is 1370. The Balaban J connectivity index is 2.14. The predicted octanol–water partition coefficient (Wildman–Crippen LogP) is -1.96. The van der Waals surface area contributed by atoms with Gasteiger partial charge in [0.2, 0.25) is 0 Å². The van der Waals surface area contributed by atoms with Gasteiger partial charge in [-0.05, 0) is 23.6 Å². The summed E-state index contributed by atoms with van der Waals surface area (Å²) in [6, 6.07) is 10.7. The molecule has 182 valence electrons. The SMILES string of the molecule is O=C([O-])c1ccccc1[C@@]1(O)[C@@H](CO)O[C@@H](n2ccc([O-])nc2=O)[C@@]1(O)c1ccccc1C(=O)O. The van der Waals surface area contributed by atoms with Crippen LogP contribution in [0, 0.1) is 0 Å². The molecule has 0 bridgehead atoms. The van der Waals surface area contributed by atoms with Crippen molar-refractivity contribution in [1.29, 1.82) is 0 Å². The first-order chi connectivity index (χ1) is 16.6. The number of carbonyl (C=O) groups is 2. The molecule has 0 spiro atoms. The molecule has 0 unspecified atom stereocenters. The number of carboxylic acid groups (broad SMARTS) is 2. The van der Waals surface area contributed by atoms with Crippen molar-refractivity contribution >= 4 is 11.9 Å². The maximum atomic E-state index is 12.6. The van der Waals surface area contributed by atoms with Gasteiger partial charge in [0.05, 0.1) is 18.1 Å². The first-order valence-corrected chi connectivity index (χ1v) is 10.2. The highest BCUT2D eigenvalue weighted by Crippen LogP contribution is 2.57. The van der Waals surface area contributed by atoms with Gasteiger partial charge >= 0.3 is 11.7 Å². The highest BCUT2D eigenvalue weighted by Gasteiger charge is 2.69. The number of aliphatic hydroxyl groups excluding tert-OH is 1. The quantitative estimate of drug-likeness (QED) is 0.303. The lowest BCUT2D eigenvalue weighted by Gasteiger charge is -2.43. The Morgan fingerprint density at radius 2 is 1.57 bits per heavy atom. The van der Waals surface area contributed by atoms with Crippen LogP contribution in [0.5, 0.6) is 5.88 Å². The lowest BCUT2D eigenvalue weighted by molar-refractivity contribution is -0.275. The maximum absolute atomic E-state index is 12.6. The third-order valence-electron chi connectivity index (χ3n) is 6.05. The number of hydrogen-bond acceptors (Lipinski definition) is 10. The summed E-state index contributed by atoms with van der Waals surface area (Å²) in [7, 11) is 0. The largest absolute Gasteiger partial charge is 0.858 e. The molecule has 3 aromatic rings. The molecule has 0 saturated carbocycles. The van der Waals surface area contributed by atoms with E-state index in [9.17, 15) is 45.0 Å². The Morgan fingerprint density at radius 3 is 2.11 bits per heavy atom. The van der Waals surface area contributed by atoms with E-state index in [-0.39, 0.29) is 0 Å². The lowest BCUT2D eigenvalue weighted by atomic mass is 9.69. The molecule has 0 radical (unpaired) electrons. The molecule has 4 atom stereocenters. The summed E-state index contributed by atoms with van der Waals surface area (Å²) in [5, 5.41) is 67.7. The van der Waals surface area contributed by atoms with E-state index in [0.29, 0.717) is 4.57 Å². The zero-order valence-electron chi connectivity index (χ0n) is 17.8. The molecule has 1 fully saturated rings. The van der Waals surface area contributed by atoms with E-state index in [1.54, 1.807) is 0 Å². The van der Waals surface area contributed by atoms with Gasteiger partial charge in [-0.1, -0.05) is 42.5 Å². The van der Waals surface area contributed by atoms with Crippen LogP contribution in [-0.2, 0) is 15.9 Å². The lowest BCUT2D eigenvalue weighted by Crippen LogP contribution is -2.56. The summed E-state index contributed by atoms with van der Waals surface area (Å²) in [6.07, 6.45) is -2.82. The van der Waals surface area contributed by atoms with Crippen LogP contribution in [0.3, 0.4) is 0 Å². The van der Waals surface area contributed by atoms with E-state index in [2.05, 4.69) is 4.98 Å². The first kappa shape index (κ1) is 24.0. The highest BCUT2D eigenvalue weighted by atomic mass is 16.6. The molecular formula is C23H18N2O10-2. The van der Waals surface area contributed by atoms with Crippen LogP contribution >= 0.6 is 0 Å². The Labute approximate surface area is 196 Å². The van der Waals surface area contributed by atoms with Crippen LogP contribution in [0.2, 0.25) is 0 Å². The molecule has 0 aliphatic carbocycles. The molecule has 12 nitrogen and oxygen atoms in total. The molecule has 4 N–H and O–H groups in total. The van der Waals surface area contributed by atoms with E-state index < -0.39 is 75.9 Å². The number of hydrogen-bond donors (Lipinski definition) is 4. The van der Waals surface area contributed by atoms with Crippen LogP contribution < -0.4 is 15.9 Å². The number of aromatic carboxylic acids is 2. The topological polar surface area (TPSA) is 205 Å². The summed E-state index contributed by atoms with van der Waals surface area (Å²) in [5.41, 5.74) is -8.96. The number of ether oxygens (including phenoxy) is 1. The molecule has 2 aromatic carbocycles. The normalized spacial score (nSPS) is 25.9. The minimum Gasteiger partial charge on any atom is -0.858 e. The highest BCUT2D eigenvalue weighted by molar-refractivity contribution is 5.90. The van der Waals surface area contributed by atoms with E-state index >= 15 is 0 Å². The van der Waals surface area contributed by atoms with Crippen LogP contribution in [-0.4, -0.2) is 54.6 Å². The van der Waals surface area contributed by atoms with Gasteiger partial charge in [0.15, 0.2) is 17.4 Å². The third-order valence-corrected chi connectivity index (χ3v) is 6.05. The second-order valence-corrected chi connectivity index (χ2v) is 7.83. The second-order valence-electron chi connectivity index (χ2n) is 7.83. The minimum absolute atomic E-state index is 0.456. The van der Waals surface area contributed by atoms with Crippen LogP contribution in [0.1, 0.15) is 38.1 Å². The fourth-order valence-electron chi connectivity index (χ4n) is 4.52. The number of carboxylic acids is 2. The van der Waals surface area contributed by atoms with Gasteiger partial charge < -0.3 is 40.2 Å². The first-order valence-electron chi connectivity index (χ1n) is 10.2. The monoisotopic (exact) mass is 482 g/mol. The van der Waals surface area contributed by atoms with Gasteiger partial charge in [-0.15, -0.1) is 0 Å². The molecule has 12 heteroatoms. The van der Waals surface area contributed by atoms with E-state index in [1.807, 2.05) is 0 Å². The molecule has 4 rings (SSSR count). The van der Waals surface area contributed by atoms with Gasteiger partial charge in [-0.25, -0.2) is 14.6 Å². The van der Waals surface area contributed by atoms with Crippen molar-refractivity contribution in [2.45, 2.75) is 23.5 Å². The van der Waals surface area contributed by atoms with Crippen molar-refractivity contribution in [3.05, 3.63) is 93.5 Å². The molecule has 1 aliphatic heterocycles. The second kappa shape index (κ2) is 8.60. The number of aromatic nitrogens is 2. The van der Waals surface area contributed by atoms with E-state index in [0.717, 1.165) is 36.5 Å². The molecule has 1 aromatic heterocycles. The summed E-state index contributed by atoms with van der Waals surface area (Å²) in [4.78, 5) is 39.7.